The summed E-state index contributed by atoms with van der Waals surface area (Å²) in [4.78, 5) is 29.9. The molecule has 2 amide bonds. The first kappa shape index (κ1) is 23.5. The van der Waals surface area contributed by atoms with Crippen molar-refractivity contribution in [2.45, 2.75) is 40.2 Å². The van der Waals surface area contributed by atoms with Crippen molar-refractivity contribution in [2.24, 2.45) is 0 Å². The zero-order valence-corrected chi connectivity index (χ0v) is 20.0. The van der Waals surface area contributed by atoms with Gasteiger partial charge in [0.25, 0.3) is 5.91 Å². The number of anilines is 2. The highest BCUT2D eigenvalue weighted by Gasteiger charge is 2.37. The summed E-state index contributed by atoms with van der Waals surface area (Å²) in [5.74, 6) is -0.413. The molecule has 6 heteroatoms. The molecule has 5 nitrogen and oxygen atoms in total. The van der Waals surface area contributed by atoms with Crippen LogP contribution in [0.4, 0.5) is 20.6 Å². The van der Waals surface area contributed by atoms with Crippen molar-refractivity contribution in [2.75, 3.05) is 23.0 Å². The van der Waals surface area contributed by atoms with Crippen LogP contribution in [-0.2, 0) is 4.74 Å². The van der Waals surface area contributed by atoms with Gasteiger partial charge in [-0.1, -0.05) is 31.2 Å². The van der Waals surface area contributed by atoms with Crippen LogP contribution in [0, 0.1) is 19.7 Å². The third kappa shape index (κ3) is 4.40. The quantitative estimate of drug-likeness (QED) is 0.446. The Labute approximate surface area is 199 Å². The molecule has 4 rings (SSSR count). The van der Waals surface area contributed by atoms with Crippen molar-refractivity contribution in [1.82, 2.24) is 0 Å². The molecule has 34 heavy (non-hydrogen) atoms. The summed E-state index contributed by atoms with van der Waals surface area (Å²) in [6.07, 6.45) is 0.285. The Hall–Kier alpha value is -3.67. The van der Waals surface area contributed by atoms with Gasteiger partial charge < -0.3 is 9.64 Å². The maximum absolute atomic E-state index is 13.7. The maximum Gasteiger partial charge on any atom is 0.414 e. The third-order valence-electron chi connectivity index (χ3n) is 6.39. The van der Waals surface area contributed by atoms with E-state index in [0.29, 0.717) is 29.9 Å². The van der Waals surface area contributed by atoms with Crippen LogP contribution in [0.3, 0.4) is 0 Å². The second kappa shape index (κ2) is 9.67. The number of aryl methyl sites for hydroxylation is 2. The SMILES string of the molecule is CCOC(=O)N1c2cc(C)c(C)cc2N(C(=O)c2ccc(-c3ccc(F)cc3)cc2)CC1CC. The van der Waals surface area contributed by atoms with Gasteiger partial charge in [-0.15, -0.1) is 0 Å². The predicted molar refractivity (Wildman–Crippen MR) is 133 cm³/mol. The average molecular weight is 461 g/mol. The lowest BCUT2D eigenvalue weighted by Crippen LogP contribution is -2.53. The van der Waals surface area contributed by atoms with E-state index in [9.17, 15) is 14.0 Å². The molecule has 0 aromatic heterocycles. The molecular weight excluding hydrogens is 431 g/mol. The van der Waals surface area contributed by atoms with Crippen molar-refractivity contribution in [3.05, 3.63) is 83.2 Å². The molecule has 0 bridgehead atoms. The van der Waals surface area contributed by atoms with Gasteiger partial charge >= 0.3 is 6.09 Å². The summed E-state index contributed by atoms with van der Waals surface area (Å²) >= 11 is 0. The Kier molecular flexibility index (Phi) is 6.68. The van der Waals surface area contributed by atoms with Crippen LogP contribution in [0.15, 0.2) is 60.7 Å². The normalized spacial score (nSPS) is 15.1. The molecule has 0 fully saturated rings. The molecule has 0 N–H and O–H groups in total. The van der Waals surface area contributed by atoms with E-state index in [1.165, 1.54) is 12.1 Å². The predicted octanol–water partition coefficient (Wildman–Crippen LogP) is 6.51. The van der Waals surface area contributed by atoms with Crippen LogP contribution in [0.1, 0.15) is 41.8 Å². The molecule has 1 aliphatic heterocycles. The van der Waals surface area contributed by atoms with E-state index in [4.69, 9.17) is 4.74 Å². The van der Waals surface area contributed by atoms with Gasteiger partial charge in [0.15, 0.2) is 0 Å². The van der Waals surface area contributed by atoms with Crippen molar-refractivity contribution in [1.29, 1.82) is 0 Å². The number of ether oxygens (including phenoxy) is 1. The molecule has 176 valence electrons. The Bertz CT molecular complexity index is 1210. The van der Waals surface area contributed by atoms with E-state index in [1.54, 1.807) is 41.0 Å². The topological polar surface area (TPSA) is 49.9 Å². The van der Waals surface area contributed by atoms with Gasteiger partial charge in [0.1, 0.15) is 5.82 Å². The monoisotopic (exact) mass is 460 g/mol. The summed E-state index contributed by atoms with van der Waals surface area (Å²) in [6, 6.07) is 17.3. The summed E-state index contributed by atoms with van der Waals surface area (Å²) in [7, 11) is 0. The smallest absolute Gasteiger partial charge is 0.414 e. The van der Waals surface area contributed by atoms with E-state index in [1.807, 2.05) is 45.0 Å². The number of benzene rings is 3. The highest BCUT2D eigenvalue weighted by atomic mass is 19.1. The molecule has 0 saturated heterocycles. The first-order valence-electron chi connectivity index (χ1n) is 11.6. The summed E-state index contributed by atoms with van der Waals surface area (Å²) in [6.45, 7) is 8.45. The first-order chi connectivity index (χ1) is 16.3. The summed E-state index contributed by atoms with van der Waals surface area (Å²) in [5.41, 5.74) is 5.81. The van der Waals surface area contributed by atoms with Crippen molar-refractivity contribution >= 4 is 23.4 Å². The van der Waals surface area contributed by atoms with Gasteiger partial charge in [-0.25, -0.2) is 9.18 Å². The standard InChI is InChI=1S/C28H29FN2O3/c1-5-24-17-30(25-15-18(3)19(4)16-26(25)31(24)28(33)34-6-2)27(32)22-9-7-20(8-10-22)21-11-13-23(29)14-12-21/h7-16,24H,5-6,17H2,1-4H3. The number of hydrogen-bond acceptors (Lipinski definition) is 3. The fourth-order valence-corrected chi connectivity index (χ4v) is 4.33. The minimum Gasteiger partial charge on any atom is -0.449 e. The van der Waals surface area contributed by atoms with Crippen molar-refractivity contribution < 1.29 is 18.7 Å². The van der Waals surface area contributed by atoms with Crippen LogP contribution >= 0.6 is 0 Å². The van der Waals surface area contributed by atoms with Crippen LogP contribution in [0.2, 0.25) is 0 Å². The van der Waals surface area contributed by atoms with E-state index >= 15 is 0 Å². The van der Waals surface area contributed by atoms with Gasteiger partial charge in [-0.3, -0.25) is 9.69 Å². The Morgan fingerprint density at radius 3 is 2.03 bits per heavy atom. The van der Waals surface area contributed by atoms with E-state index in [0.717, 1.165) is 22.3 Å². The lowest BCUT2D eigenvalue weighted by Gasteiger charge is -2.42. The van der Waals surface area contributed by atoms with E-state index < -0.39 is 6.09 Å². The minimum absolute atomic E-state index is 0.128. The number of rotatable bonds is 4. The molecular formula is C28H29FN2O3. The minimum atomic E-state index is -0.394. The van der Waals surface area contributed by atoms with Crippen LogP contribution in [-0.4, -0.2) is 31.2 Å². The van der Waals surface area contributed by atoms with Crippen LogP contribution in [0.25, 0.3) is 11.1 Å². The molecule has 1 unspecified atom stereocenters. The molecule has 1 atom stereocenters. The number of halogens is 1. The average Bonchev–Trinajstić information content (AvgIpc) is 2.84. The number of carbonyl (C=O) groups is 2. The molecule has 0 radical (unpaired) electrons. The molecule has 1 aliphatic rings. The van der Waals surface area contributed by atoms with Crippen LogP contribution in [0.5, 0.6) is 0 Å². The maximum atomic E-state index is 13.7. The number of fused-ring (bicyclic) bond motifs is 1. The zero-order chi connectivity index (χ0) is 24.4. The van der Waals surface area contributed by atoms with Crippen molar-refractivity contribution in [3.8, 4) is 11.1 Å². The van der Waals surface area contributed by atoms with Gasteiger partial charge in [0.05, 0.1) is 24.0 Å². The molecule has 3 aromatic carbocycles. The number of nitrogens with zero attached hydrogens (tertiary/aromatic N) is 2. The molecule has 3 aromatic rings. The van der Waals surface area contributed by atoms with Gasteiger partial charge in [-0.2, -0.15) is 0 Å². The Morgan fingerprint density at radius 1 is 0.912 bits per heavy atom. The van der Waals surface area contributed by atoms with Crippen molar-refractivity contribution in [3.63, 3.8) is 0 Å². The number of hydrogen-bond donors (Lipinski definition) is 0. The first-order valence-corrected chi connectivity index (χ1v) is 11.6. The van der Waals surface area contributed by atoms with E-state index in [-0.39, 0.29) is 24.4 Å². The molecule has 1 heterocycles. The summed E-state index contributed by atoms with van der Waals surface area (Å²) in [5, 5.41) is 0. The highest BCUT2D eigenvalue weighted by Crippen LogP contribution is 2.39. The number of amides is 2. The second-order valence-electron chi connectivity index (χ2n) is 8.56. The fourth-order valence-electron chi connectivity index (χ4n) is 4.33. The Balaban J connectivity index is 1.71. The molecule has 0 spiro atoms. The Morgan fingerprint density at radius 2 is 1.47 bits per heavy atom. The zero-order valence-electron chi connectivity index (χ0n) is 20.0. The lowest BCUT2D eigenvalue weighted by atomic mass is 9.99. The van der Waals surface area contributed by atoms with Gasteiger partial charge in [0.2, 0.25) is 0 Å². The highest BCUT2D eigenvalue weighted by molar-refractivity contribution is 6.10. The van der Waals surface area contributed by atoms with Crippen LogP contribution < -0.4 is 9.80 Å². The van der Waals surface area contributed by atoms with Gasteiger partial charge in [0, 0.05) is 12.1 Å². The molecule has 0 aliphatic carbocycles. The number of carbonyl (C=O) groups excluding carboxylic acids is 2. The lowest BCUT2D eigenvalue weighted by molar-refractivity contribution is 0.0981. The summed E-state index contributed by atoms with van der Waals surface area (Å²) < 4.78 is 18.6. The van der Waals surface area contributed by atoms with E-state index in [2.05, 4.69) is 0 Å². The van der Waals surface area contributed by atoms with Gasteiger partial charge in [-0.05, 0) is 85.8 Å². The second-order valence-corrected chi connectivity index (χ2v) is 8.56. The molecule has 0 saturated carbocycles. The third-order valence-corrected chi connectivity index (χ3v) is 6.39. The fraction of sp³-hybridized carbons (Fsp3) is 0.286. The largest absolute Gasteiger partial charge is 0.449 e.